The van der Waals surface area contributed by atoms with Crippen LogP contribution < -0.4 is 5.32 Å². The monoisotopic (exact) mass is 226 g/mol. The second kappa shape index (κ2) is 4.58. The van der Waals surface area contributed by atoms with Gasteiger partial charge in [0.15, 0.2) is 0 Å². The summed E-state index contributed by atoms with van der Waals surface area (Å²) in [5.41, 5.74) is 0.394. The van der Waals surface area contributed by atoms with E-state index in [1.54, 1.807) is 6.20 Å². The van der Waals surface area contributed by atoms with E-state index in [4.69, 9.17) is 4.52 Å². The van der Waals surface area contributed by atoms with Crippen LogP contribution in [-0.2, 0) is 6.54 Å². The molecule has 4 heteroatoms. The SMILES string of the molecule is CC1(C)CCSCC1NCc1ccno1. The minimum absolute atomic E-state index is 0.394. The Kier molecular flexibility index (Phi) is 3.36. The van der Waals surface area contributed by atoms with Crippen LogP contribution in [0.25, 0.3) is 0 Å². The summed E-state index contributed by atoms with van der Waals surface area (Å²) in [6.45, 7) is 5.46. The zero-order chi connectivity index (χ0) is 10.7. The van der Waals surface area contributed by atoms with Crippen molar-refractivity contribution in [2.45, 2.75) is 32.9 Å². The highest BCUT2D eigenvalue weighted by molar-refractivity contribution is 7.99. The van der Waals surface area contributed by atoms with Crippen molar-refractivity contribution in [3.63, 3.8) is 0 Å². The van der Waals surface area contributed by atoms with Crippen LogP contribution in [0.4, 0.5) is 0 Å². The summed E-state index contributed by atoms with van der Waals surface area (Å²) in [6, 6.07) is 2.48. The fourth-order valence-corrected chi connectivity index (χ4v) is 3.47. The number of nitrogens with one attached hydrogen (secondary N) is 1. The largest absolute Gasteiger partial charge is 0.360 e. The molecule has 1 atom stereocenters. The maximum absolute atomic E-state index is 5.07. The quantitative estimate of drug-likeness (QED) is 0.858. The fraction of sp³-hybridized carbons (Fsp3) is 0.727. The van der Waals surface area contributed by atoms with E-state index in [1.807, 2.05) is 17.8 Å². The topological polar surface area (TPSA) is 38.1 Å². The first-order valence-corrected chi connectivity index (χ1v) is 6.55. The number of rotatable bonds is 3. The third-order valence-corrected chi connectivity index (χ3v) is 4.19. The molecule has 1 unspecified atom stereocenters. The summed E-state index contributed by atoms with van der Waals surface area (Å²) >= 11 is 2.03. The molecule has 0 radical (unpaired) electrons. The van der Waals surface area contributed by atoms with Gasteiger partial charge in [0.1, 0.15) is 5.76 Å². The molecule has 1 saturated heterocycles. The van der Waals surface area contributed by atoms with E-state index in [1.165, 1.54) is 17.9 Å². The van der Waals surface area contributed by atoms with Crippen LogP contribution in [0, 0.1) is 5.41 Å². The zero-order valence-corrected chi connectivity index (χ0v) is 10.1. The van der Waals surface area contributed by atoms with Gasteiger partial charge in [0.25, 0.3) is 0 Å². The van der Waals surface area contributed by atoms with Gasteiger partial charge >= 0.3 is 0 Å². The molecule has 0 aromatic carbocycles. The van der Waals surface area contributed by atoms with Crippen molar-refractivity contribution in [3.8, 4) is 0 Å². The Balaban J connectivity index is 1.88. The second-order valence-corrected chi connectivity index (χ2v) is 5.88. The molecule has 1 aliphatic rings. The summed E-state index contributed by atoms with van der Waals surface area (Å²) in [6.07, 6.45) is 2.98. The van der Waals surface area contributed by atoms with Crippen LogP contribution in [-0.4, -0.2) is 22.7 Å². The molecule has 2 rings (SSSR count). The van der Waals surface area contributed by atoms with Crippen molar-refractivity contribution in [2.75, 3.05) is 11.5 Å². The summed E-state index contributed by atoms with van der Waals surface area (Å²) in [4.78, 5) is 0. The Labute approximate surface area is 95.0 Å². The zero-order valence-electron chi connectivity index (χ0n) is 9.32. The number of aromatic nitrogens is 1. The summed E-state index contributed by atoms with van der Waals surface area (Å²) in [5, 5.41) is 7.26. The fourth-order valence-electron chi connectivity index (χ4n) is 1.83. The van der Waals surface area contributed by atoms with Gasteiger partial charge in [-0.15, -0.1) is 0 Å². The first-order chi connectivity index (χ1) is 7.18. The van der Waals surface area contributed by atoms with Gasteiger partial charge in [-0.05, 0) is 17.6 Å². The molecule has 15 heavy (non-hydrogen) atoms. The van der Waals surface area contributed by atoms with Crippen LogP contribution in [0.5, 0.6) is 0 Å². The van der Waals surface area contributed by atoms with Crippen molar-refractivity contribution < 1.29 is 4.52 Å². The normalized spacial score (nSPS) is 25.3. The third-order valence-electron chi connectivity index (χ3n) is 3.13. The minimum atomic E-state index is 0.394. The number of hydrogen-bond donors (Lipinski definition) is 1. The lowest BCUT2D eigenvalue weighted by Crippen LogP contribution is -2.46. The predicted octanol–water partition coefficient (Wildman–Crippen LogP) is 2.30. The number of nitrogens with zero attached hydrogens (tertiary/aromatic N) is 1. The molecule has 1 aliphatic heterocycles. The van der Waals surface area contributed by atoms with E-state index in [0.717, 1.165) is 12.3 Å². The second-order valence-electron chi connectivity index (χ2n) is 4.73. The first kappa shape index (κ1) is 11.0. The molecule has 1 aromatic rings. The molecule has 2 heterocycles. The predicted molar refractivity (Wildman–Crippen MR) is 62.9 cm³/mol. The minimum Gasteiger partial charge on any atom is -0.360 e. The molecular formula is C11H18N2OS. The molecule has 84 valence electrons. The van der Waals surface area contributed by atoms with Crippen molar-refractivity contribution in [1.82, 2.24) is 10.5 Å². The summed E-state index contributed by atoms with van der Waals surface area (Å²) < 4.78 is 5.07. The van der Waals surface area contributed by atoms with Gasteiger partial charge in [0.2, 0.25) is 0 Å². The van der Waals surface area contributed by atoms with Crippen LogP contribution in [0.1, 0.15) is 26.0 Å². The highest BCUT2D eigenvalue weighted by atomic mass is 32.2. The van der Waals surface area contributed by atoms with Gasteiger partial charge in [0, 0.05) is 17.9 Å². The molecule has 0 bridgehead atoms. The lowest BCUT2D eigenvalue weighted by atomic mass is 9.82. The van der Waals surface area contributed by atoms with Crippen LogP contribution in [0.15, 0.2) is 16.8 Å². The van der Waals surface area contributed by atoms with Crippen LogP contribution in [0.2, 0.25) is 0 Å². The molecule has 1 fully saturated rings. The Hall–Kier alpha value is -0.480. The number of hydrogen-bond acceptors (Lipinski definition) is 4. The van der Waals surface area contributed by atoms with E-state index < -0.39 is 0 Å². The van der Waals surface area contributed by atoms with E-state index in [0.29, 0.717) is 11.5 Å². The molecular weight excluding hydrogens is 208 g/mol. The Bertz CT molecular complexity index is 298. The average Bonchev–Trinajstić information content (AvgIpc) is 2.68. The average molecular weight is 226 g/mol. The van der Waals surface area contributed by atoms with Crippen molar-refractivity contribution in [1.29, 1.82) is 0 Å². The third kappa shape index (κ3) is 2.75. The van der Waals surface area contributed by atoms with Crippen molar-refractivity contribution in [3.05, 3.63) is 18.0 Å². The standard InChI is InChI=1S/C11H18N2OS/c1-11(2)4-6-15-8-10(11)12-7-9-3-5-13-14-9/h3,5,10,12H,4,6-8H2,1-2H3. The van der Waals surface area contributed by atoms with Crippen molar-refractivity contribution in [2.24, 2.45) is 5.41 Å². The maximum Gasteiger partial charge on any atom is 0.150 e. The Morgan fingerprint density at radius 3 is 3.20 bits per heavy atom. The van der Waals surface area contributed by atoms with Gasteiger partial charge in [0.05, 0.1) is 12.7 Å². The van der Waals surface area contributed by atoms with E-state index in [9.17, 15) is 0 Å². The van der Waals surface area contributed by atoms with Gasteiger partial charge in [-0.2, -0.15) is 11.8 Å². The van der Waals surface area contributed by atoms with Gasteiger partial charge < -0.3 is 9.84 Å². The molecule has 1 N–H and O–H groups in total. The molecule has 0 amide bonds. The van der Waals surface area contributed by atoms with Crippen LogP contribution >= 0.6 is 11.8 Å². The molecule has 3 nitrogen and oxygen atoms in total. The Morgan fingerprint density at radius 1 is 1.67 bits per heavy atom. The van der Waals surface area contributed by atoms with Gasteiger partial charge in [-0.1, -0.05) is 19.0 Å². The summed E-state index contributed by atoms with van der Waals surface area (Å²) in [5.74, 6) is 3.40. The van der Waals surface area contributed by atoms with E-state index in [-0.39, 0.29) is 0 Å². The lowest BCUT2D eigenvalue weighted by Gasteiger charge is -2.38. The highest BCUT2D eigenvalue weighted by Gasteiger charge is 2.32. The first-order valence-electron chi connectivity index (χ1n) is 5.39. The molecule has 1 aromatic heterocycles. The maximum atomic E-state index is 5.07. The number of thioether (sulfide) groups is 1. The highest BCUT2D eigenvalue weighted by Crippen LogP contribution is 2.34. The lowest BCUT2D eigenvalue weighted by molar-refractivity contribution is 0.237. The smallest absolute Gasteiger partial charge is 0.150 e. The molecule has 0 spiro atoms. The van der Waals surface area contributed by atoms with Gasteiger partial charge in [-0.25, -0.2) is 0 Å². The van der Waals surface area contributed by atoms with Crippen LogP contribution in [0.3, 0.4) is 0 Å². The van der Waals surface area contributed by atoms with Gasteiger partial charge in [-0.3, -0.25) is 0 Å². The molecule has 0 aliphatic carbocycles. The van der Waals surface area contributed by atoms with E-state index >= 15 is 0 Å². The van der Waals surface area contributed by atoms with Crippen molar-refractivity contribution >= 4 is 11.8 Å². The summed E-state index contributed by atoms with van der Waals surface area (Å²) in [7, 11) is 0. The van der Waals surface area contributed by atoms with E-state index in [2.05, 4.69) is 24.3 Å². The Morgan fingerprint density at radius 2 is 2.53 bits per heavy atom. The molecule has 0 saturated carbocycles.